The minimum Gasteiger partial charge on any atom is -0.497 e. The number of nitrogens with zero attached hydrogens (tertiary/aromatic N) is 1. The molecule has 0 unspecified atom stereocenters. The van der Waals surface area contributed by atoms with Crippen molar-refractivity contribution < 1.29 is 4.74 Å². The van der Waals surface area contributed by atoms with Gasteiger partial charge < -0.3 is 15.0 Å². The van der Waals surface area contributed by atoms with Gasteiger partial charge in [0, 0.05) is 18.8 Å². The average Bonchev–Trinajstić information content (AvgIpc) is 2.55. The van der Waals surface area contributed by atoms with Gasteiger partial charge in [0.25, 0.3) is 5.56 Å². The number of pyridine rings is 1. The van der Waals surface area contributed by atoms with Crippen molar-refractivity contribution in [3.05, 3.63) is 64.1 Å². The average molecular weight is 298 g/mol. The first kappa shape index (κ1) is 16.0. The number of aryl methyl sites for hydroxylation is 1. The molecule has 0 aliphatic heterocycles. The Kier molecular flexibility index (Phi) is 5.98. The predicted molar refractivity (Wildman–Crippen MR) is 90.9 cm³/mol. The highest BCUT2D eigenvalue weighted by Crippen LogP contribution is 2.14. The molecule has 0 saturated heterocycles. The van der Waals surface area contributed by atoms with Crippen LogP contribution in [0.2, 0.25) is 0 Å². The summed E-state index contributed by atoms with van der Waals surface area (Å²) in [7, 11) is 1.65. The van der Waals surface area contributed by atoms with Crippen LogP contribution >= 0.6 is 0 Å². The van der Waals surface area contributed by atoms with Gasteiger partial charge in [-0.3, -0.25) is 4.79 Å². The molecule has 0 aliphatic carbocycles. The highest BCUT2D eigenvalue weighted by atomic mass is 16.5. The van der Waals surface area contributed by atoms with Gasteiger partial charge in [-0.05, 0) is 48.7 Å². The van der Waals surface area contributed by atoms with Gasteiger partial charge in [-0.15, -0.1) is 0 Å². The Hall–Kier alpha value is -2.33. The molecule has 22 heavy (non-hydrogen) atoms. The maximum Gasteiger partial charge on any atom is 0.251 e. The van der Waals surface area contributed by atoms with E-state index in [9.17, 15) is 4.79 Å². The fourth-order valence-corrected chi connectivity index (χ4v) is 2.18. The van der Waals surface area contributed by atoms with Gasteiger partial charge in [0.2, 0.25) is 0 Å². The normalized spacial score (nSPS) is 11.0. The lowest BCUT2D eigenvalue weighted by Crippen LogP contribution is -2.19. The van der Waals surface area contributed by atoms with Crippen LogP contribution in [0, 0.1) is 0 Å². The number of methoxy groups -OCH3 is 1. The zero-order valence-electron chi connectivity index (χ0n) is 12.9. The van der Waals surface area contributed by atoms with Crippen LogP contribution in [0.15, 0.2) is 47.4 Å². The van der Waals surface area contributed by atoms with Gasteiger partial charge in [0.05, 0.1) is 7.11 Å². The monoisotopic (exact) mass is 298 g/mol. The second-order valence-electron chi connectivity index (χ2n) is 5.10. The molecular weight excluding hydrogens is 276 g/mol. The van der Waals surface area contributed by atoms with Gasteiger partial charge in [-0.25, -0.2) is 0 Å². The molecule has 1 heterocycles. The van der Waals surface area contributed by atoms with Crippen molar-refractivity contribution in [2.24, 2.45) is 5.73 Å². The summed E-state index contributed by atoms with van der Waals surface area (Å²) in [6, 6.07) is 11.4. The summed E-state index contributed by atoms with van der Waals surface area (Å²) in [5, 5.41) is 0. The third kappa shape index (κ3) is 4.60. The molecule has 2 rings (SSSR count). The molecule has 1 aromatic heterocycles. The van der Waals surface area contributed by atoms with E-state index in [1.54, 1.807) is 17.7 Å². The van der Waals surface area contributed by atoms with Crippen molar-refractivity contribution >= 4 is 12.2 Å². The van der Waals surface area contributed by atoms with Crippen LogP contribution in [0.25, 0.3) is 12.2 Å². The van der Waals surface area contributed by atoms with E-state index < -0.39 is 0 Å². The summed E-state index contributed by atoms with van der Waals surface area (Å²) in [5.41, 5.74) is 7.41. The van der Waals surface area contributed by atoms with Crippen LogP contribution in [0.5, 0.6) is 5.75 Å². The van der Waals surface area contributed by atoms with E-state index in [-0.39, 0.29) is 5.56 Å². The molecule has 0 bridgehead atoms. The van der Waals surface area contributed by atoms with E-state index in [1.165, 1.54) is 0 Å². The Balaban J connectivity index is 2.08. The van der Waals surface area contributed by atoms with Crippen molar-refractivity contribution in [2.75, 3.05) is 13.7 Å². The van der Waals surface area contributed by atoms with Gasteiger partial charge in [-0.1, -0.05) is 24.3 Å². The van der Waals surface area contributed by atoms with E-state index in [1.807, 2.05) is 48.7 Å². The van der Waals surface area contributed by atoms with E-state index in [0.717, 1.165) is 36.3 Å². The summed E-state index contributed by atoms with van der Waals surface area (Å²) in [4.78, 5) is 12.0. The molecule has 0 aliphatic rings. The summed E-state index contributed by atoms with van der Waals surface area (Å²) in [6.07, 6.45) is 7.60. The van der Waals surface area contributed by atoms with Crippen molar-refractivity contribution in [3.8, 4) is 5.75 Å². The van der Waals surface area contributed by atoms with E-state index in [2.05, 4.69) is 0 Å². The maximum absolute atomic E-state index is 12.0. The molecule has 0 radical (unpaired) electrons. The van der Waals surface area contributed by atoms with Crippen LogP contribution in [-0.2, 0) is 6.54 Å². The molecule has 4 heteroatoms. The third-order valence-electron chi connectivity index (χ3n) is 3.44. The Morgan fingerprint density at radius 2 is 1.91 bits per heavy atom. The minimum atomic E-state index is 0.0183. The standard InChI is InChI=1S/C18H22N2O2/c1-22-17-6-4-5-15(13-17)7-8-16-9-12-20(18(21)14-16)11-3-2-10-19/h4-9,12-14H,2-3,10-11,19H2,1H3/b8-7+. The number of hydrogen-bond donors (Lipinski definition) is 1. The summed E-state index contributed by atoms with van der Waals surface area (Å²) >= 11 is 0. The highest BCUT2D eigenvalue weighted by molar-refractivity contribution is 5.69. The number of benzene rings is 1. The Labute approximate surface area is 130 Å². The lowest BCUT2D eigenvalue weighted by molar-refractivity contribution is 0.414. The van der Waals surface area contributed by atoms with Gasteiger partial charge in [0.15, 0.2) is 0 Å². The predicted octanol–water partition coefficient (Wildman–Crippen LogP) is 2.77. The SMILES string of the molecule is COc1cccc(/C=C/c2ccn(CCCCN)c(=O)c2)c1. The first-order valence-corrected chi connectivity index (χ1v) is 7.45. The lowest BCUT2D eigenvalue weighted by atomic mass is 10.1. The smallest absolute Gasteiger partial charge is 0.251 e. The number of unbranched alkanes of at least 4 members (excludes halogenated alkanes) is 1. The minimum absolute atomic E-state index is 0.0183. The lowest BCUT2D eigenvalue weighted by Gasteiger charge is -2.05. The zero-order chi connectivity index (χ0) is 15.8. The molecule has 1 aromatic carbocycles. The van der Waals surface area contributed by atoms with Gasteiger partial charge in [-0.2, -0.15) is 0 Å². The van der Waals surface area contributed by atoms with Crippen molar-refractivity contribution in [1.29, 1.82) is 0 Å². The number of nitrogens with two attached hydrogens (primary N) is 1. The van der Waals surface area contributed by atoms with Crippen LogP contribution in [0.1, 0.15) is 24.0 Å². The second kappa shape index (κ2) is 8.20. The van der Waals surface area contributed by atoms with Crippen molar-refractivity contribution in [2.45, 2.75) is 19.4 Å². The highest BCUT2D eigenvalue weighted by Gasteiger charge is 1.97. The fraction of sp³-hybridized carbons (Fsp3) is 0.278. The topological polar surface area (TPSA) is 57.2 Å². The molecular formula is C18H22N2O2. The third-order valence-corrected chi connectivity index (χ3v) is 3.44. The zero-order valence-corrected chi connectivity index (χ0v) is 12.9. The Morgan fingerprint density at radius 1 is 1.14 bits per heavy atom. The fourth-order valence-electron chi connectivity index (χ4n) is 2.18. The molecule has 2 N–H and O–H groups in total. The molecule has 0 amide bonds. The van der Waals surface area contributed by atoms with Crippen LogP contribution in [-0.4, -0.2) is 18.2 Å². The molecule has 2 aromatic rings. The molecule has 0 fully saturated rings. The van der Waals surface area contributed by atoms with Gasteiger partial charge in [0.1, 0.15) is 5.75 Å². The molecule has 0 atom stereocenters. The number of rotatable bonds is 7. The van der Waals surface area contributed by atoms with Crippen LogP contribution in [0.4, 0.5) is 0 Å². The molecule has 116 valence electrons. The van der Waals surface area contributed by atoms with E-state index in [0.29, 0.717) is 6.54 Å². The summed E-state index contributed by atoms with van der Waals surface area (Å²) in [6.45, 7) is 1.38. The Bertz CT molecular complexity index is 689. The van der Waals surface area contributed by atoms with Crippen LogP contribution in [0.3, 0.4) is 0 Å². The van der Waals surface area contributed by atoms with E-state index in [4.69, 9.17) is 10.5 Å². The molecule has 0 saturated carbocycles. The number of ether oxygens (including phenoxy) is 1. The Morgan fingerprint density at radius 3 is 2.59 bits per heavy atom. The number of aromatic nitrogens is 1. The largest absolute Gasteiger partial charge is 0.497 e. The second-order valence-corrected chi connectivity index (χ2v) is 5.10. The summed E-state index contributed by atoms with van der Waals surface area (Å²) < 4.78 is 6.91. The van der Waals surface area contributed by atoms with Crippen LogP contribution < -0.4 is 16.0 Å². The van der Waals surface area contributed by atoms with Crippen molar-refractivity contribution in [3.63, 3.8) is 0 Å². The molecule has 4 nitrogen and oxygen atoms in total. The molecule has 0 spiro atoms. The first-order chi connectivity index (χ1) is 10.7. The quantitative estimate of drug-likeness (QED) is 0.800. The first-order valence-electron chi connectivity index (χ1n) is 7.45. The number of hydrogen-bond acceptors (Lipinski definition) is 3. The maximum atomic E-state index is 12.0. The summed E-state index contributed by atoms with van der Waals surface area (Å²) in [5.74, 6) is 0.817. The van der Waals surface area contributed by atoms with Crippen molar-refractivity contribution in [1.82, 2.24) is 4.57 Å². The van der Waals surface area contributed by atoms with Gasteiger partial charge >= 0.3 is 0 Å². The van der Waals surface area contributed by atoms with E-state index >= 15 is 0 Å².